The quantitative estimate of drug-likeness (QED) is 0.921. The van der Waals surface area contributed by atoms with E-state index in [1.165, 1.54) is 10.4 Å². The molecular formula is C15H24N2O2S. The Morgan fingerprint density at radius 2 is 2.05 bits per heavy atom. The zero-order chi connectivity index (χ0) is 14.7. The fraction of sp³-hybridized carbons (Fsp3) is 0.667. The van der Waals surface area contributed by atoms with Gasteiger partial charge in [0.25, 0.3) is 5.91 Å². The predicted octanol–water partition coefficient (Wildman–Crippen LogP) is 1.76. The normalized spacial score (nSPS) is 18.3. The summed E-state index contributed by atoms with van der Waals surface area (Å²) < 4.78 is 0. The van der Waals surface area contributed by atoms with Crippen LogP contribution >= 0.6 is 11.3 Å². The zero-order valence-electron chi connectivity index (χ0n) is 12.6. The third kappa shape index (κ3) is 3.59. The average molecular weight is 296 g/mol. The van der Waals surface area contributed by atoms with Crippen molar-refractivity contribution >= 4 is 17.2 Å². The molecule has 2 rings (SSSR count). The van der Waals surface area contributed by atoms with Crippen LogP contribution in [0.15, 0.2) is 6.07 Å². The van der Waals surface area contributed by atoms with Crippen LogP contribution in [0.5, 0.6) is 0 Å². The second-order valence-electron chi connectivity index (χ2n) is 5.49. The maximum absolute atomic E-state index is 12.5. The van der Waals surface area contributed by atoms with E-state index in [2.05, 4.69) is 18.7 Å². The van der Waals surface area contributed by atoms with Gasteiger partial charge < -0.3 is 10.0 Å². The maximum atomic E-state index is 12.5. The Morgan fingerprint density at radius 3 is 2.55 bits per heavy atom. The Kier molecular flexibility index (Phi) is 5.18. The topological polar surface area (TPSA) is 43.8 Å². The van der Waals surface area contributed by atoms with Crippen LogP contribution in [0.3, 0.4) is 0 Å². The van der Waals surface area contributed by atoms with Crippen LogP contribution < -0.4 is 0 Å². The number of rotatable bonds is 4. The number of thiophene rings is 1. The Balaban J connectivity index is 1.94. The number of nitrogens with zero attached hydrogens (tertiary/aromatic N) is 2. The minimum absolute atomic E-state index is 0.162. The highest BCUT2D eigenvalue weighted by Crippen LogP contribution is 2.23. The molecule has 1 aliphatic rings. The first kappa shape index (κ1) is 15.5. The molecule has 1 amide bonds. The highest BCUT2D eigenvalue weighted by Gasteiger charge is 2.24. The van der Waals surface area contributed by atoms with Gasteiger partial charge in [-0.15, -0.1) is 11.3 Å². The number of aliphatic hydroxyl groups excluding tert-OH is 1. The van der Waals surface area contributed by atoms with Crippen LogP contribution in [0.1, 0.15) is 34.0 Å². The minimum Gasteiger partial charge on any atom is -0.392 e. The summed E-state index contributed by atoms with van der Waals surface area (Å²) in [7, 11) is 0. The van der Waals surface area contributed by atoms with Crippen molar-refractivity contribution < 1.29 is 9.90 Å². The van der Waals surface area contributed by atoms with Crippen molar-refractivity contribution in [1.29, 1.82) is 0 Å². The van der Waals surface area contributed by atoms with Gasteiger partial charge in [0.05, 0.1) is 11.0 Å². The first-order valence-electron chi connectivity index (χ1n) is 7.30. The minimum atomic E-state index is -0.302. The third-order valence-electron chi connectivity index (χ3n) is 3.79. The van der Waals surface area contributed by atoms with E-state index in [-0.39, 0.29) is 12.0 Å². The van der Waals surface area contributed by atoms with E-state index in [1.54, 1.807) is 18.3 Å². The van der Waals surface area contributed by atoms with Crippen molar-refractivity contribution in [2.45, 2.75) is 33.3 Å². The van der Waals surface area contributed by atoms with Gasteiger partial charge in [-0.05, 0) is 31.9 Å². The number of carbonyl (C=O) groups is 1. The number of hydrogen-bond acceptors (Lipinski definition) is 4. The molecule has 0 unspecified atom stereocenters. The van der Waals surface area contributed by atoms with Gasteiger partial charge in [0.1, 0.15) is 0 Å². The fourth-order valence-electron chi connectivity index (χ4n) is 2.64. The lowest BCUT2D eigenvalue weighted by Gasteiger charge is -2.35. The van der Waals surface area contributed by atoms with Crippen LogP contribution in [0.2, 0.25) is 0 Å². The summed E-state index contributed by atoms with van der Waals surface area (Å²) in [6.45, 7) is 9.91. The van der Waals surface area contributed by atoms with Crippen LogP contribution in [0, 0.1) is 6.92 Å². The highest BCUT2D eigenvalue weighted by molar-refractivity contribution is 7.14. The van der Waals surface area contributed by atoms with Crippen molar-refractivity contribution in [3.63, 3.8) is 0 Å². The van der Waals surface area contributed by atoms with Crippen molar-refractivity contribution in [1.82, 2.24) is 9.80 Å². The fourth-order valence-corrected chi connectivity index (χ4v) is 3.72. The molecule has 1 atom stereocenters. The molecule has 2 heterocycles. The van der Waals surface area contributed by atoms with Gasteiger partial charge in [0, 0.05) is 37.6 Å². The van der Waals surface area contributed by atoms with Gasteiger partial charge in [-0.25, -0.2) is 0 Å². The zero-order valence-corrected chi connectivity index (χ0v) is 13.4. The monoisotopic (exact) mass is 296 g/mol. The largest absolute Gasteiger partial charge is 0.392 e. The summed E-state index contributed by atoms with van der Waals surface area (Å²) in [5.41, 5.74) is 1.28. The molecule has 0 spiro atoms. The first-order valence-corrected chi connectivity index (χ1v) is 8.12. The van der Waals surface area contributed by atoms with Crippen molar-refractivity contribution in [3.05, 3.63) is 21.4 Å². The Labute approximate surface area is 125 Å². The molecule has 0 aromatic carbocycles. The lowest BCUT2D eigenvalue weighted by Crippen LogP contribution is -2.50. The summed E-state index contributed by atoms with van der Waals surface area (Å²) in [6, 6.07) is 2.05. The molecule has 20 heavy (non-hydrogen) atoms. The van der Waals surface area contributed by atoms with Gasteiger partial charge in [0.15, 0.2) is 0 Å². The maximum Gasteiger partial charge on any atom is 0.264 e. The van der Waals surface area contributed by atoms with Crippen LogP contribution in [0.25, 0.3) is 0 Å². The number of aliphatic hydroxyl groups is 1. The van der Waals surface area contributed by atoms with Gasteiger partial charge >= 0.3 is 0 Å². The summed E-state index contributed by atoms with van der Waals surface area (Å²) in [4.78, 5) is 18.7. The van der Waals surface area contributed by atoms with Crippen molar-refractivity contribution in [2.75, 3.05) is 32.7 Å². The van der Waals surface area contributed by atoms with E-state index in [0.29, 0.717) is 6.54 Å². The molecule has 1 aromatic heterocycles. The predicted molar refractivity (Wildman–Crippen MR) is 82.5 cm³/mol. The van der Waals surface area contributed by atoms with Crippen molar-refractivity contribution in [3.8, 4) is 0 Å². The lowest BCUT2D eigenvalue weighted by atomic mass is 10.2. The van der Waals surface area contributed by atoms with E-state index in [4.69, 9.17) is 0 Å². The molecule has 1 aliphatic heterocycles. The van der Waals surface area contributed by atoms with Gasteiger partial charge in [-0.3, -0.25) is 9.69 Å². The number of aryl methyl sites for hydroxylation is 2. The van der Waals surface area contributed by atoms with E-state index < -0.39 is 0 Å². The number of piperazine rings is 1. The molecule has 0 bridgehead atoms. The molecular weight excluding hydrogens is 272 g/mol. The van der Waals surface area contributed by atoms with E-state index in [9.17, 15) is 9.90 Å². The molecule has 1 fully saturated rings. The van der Waals surface area contributed by atoms with E-state index in [1.807, 2.05) is 11.0 Å². The van der Waals surface area contributed by atoms with Crippen LogP contribution in [0.4, 0.5) is 0 Å². The summed E-state index contributed by atoms with van der Waals surface area (Å²) in [6.07, 6.45) is 0.682. The second-order valence-corrected chi connectivity index (χ2v) is 6.74. The number of carbonyl (C=O) groups excluding carboxylic acids is 1. The van der Waals surface area contributed by atoms with Crippen LogP contribution in [-0.4, -0.2) is 59.6 Å². The summed E-state index contributed by atoms with van der Waals surface area (Å²) in [5.74, 6) is 0.162. The standard InChI is InChI=1S/C15H24N2O2S/c1-4-13-9-14(20-12(13)3)15(19)17-7-5-16(6-8-17)10-11(2)18/h9,11,18H,4-8,10H2,1-3H3/t11-/m0/s1. The SMILES string of the molecule is CCc1cc(C(=O)N2CCN(C[C@H](C)O)CC2)sc1C. The third-order valence-corrected chi connectivity index (χ3v) is 4.87. The molecule has 1 aromatic rings. The first-order chi connectivity index (χ1) is 9.51. The molecule has 4 nitrogen and oxygen atoms in total. The molecule has 1 saturated heterocycles. The molecule has 1 N–H and O–H groups in total. The molecule has 112 valence electrons. The number of β-amino-alcohol motifs (C(OH)–C–C–N with tert-alkyl or cyclic N) is 1. The van der Waals surface area contributed by atoms with Crippen LogP contribution in [-0.2, 0) is 6.42 Å². The smallest absolute Gasteiger partial charge is 0.264 e. The molecule has 0 saturated carbocycles. The van der Waals surface area contributed by atoms with Gasteiger partial charge in [0.2, 0.25) is 0 Å². The highest BCUT2D eigenvalue weighted by atomic mass is 32.1. The Morgan fingerprint density at radius 1 is 1.40 bits per heavy atom. The van der Waals surface area contributed by atoms with Gasteiger partial charge in [-0.1, -0.05) is 6.92 Å². The number of amides is 1. The number of hydrogen-bond donors (Lipinski definition) is 1. The van der Waals surface area contributed by atoms with E-state index >= 15 is 0 Å². The average Bonchev–Trinajstić information content (AvgIpc) is 2.79. The Bertz CT molecular complexity index is 462. The summed E-state index contributed by atoms with van der Waals surface area (Å²) >= 11 is 1.61. The second kappa shape index (κ2) is 6.70. The van der Waals surface area contributed by atoms with E-state index in [0.717, 1.165) is 37.5 Å². The summed E-state index contributed by atoms with van der Waals surface area (Å²) in [5, 5.41) is 9.40. The van der Waals surface area contributed by atoms with Gasteiger partial charge in [-0.2, -0.15) is 0 Å². The molecule has 0 aliphatic carbocycles. The lowest BCUT2D eigenvalue weighted by molar-refractivity contribution is 0.0558. The molecule has 5 heteroatoms. The van der Waals surface area contributed by atoms with Crippen molar-refractivity contribution in [2.24, 2.45) is 0 Å². The Hall–Kier alpha value is -0.910. The molecule has 0 radical (unpaired) electrons.